The molecule has 21 heavy (non-hydrogen) atoms. The van der Waals surface area contributed by atoms with Gasteiger partial charge in [-0.15, -0.1) is 0 Å². The van der Waals surface area contributed by atoms with Gasteiger partial charge in [-0.2, -0.15) is 0 Å². The molecule has 0 saturated carbocycles. The lowest BCUT2D eigenvalue weighted by Gasteiger charge is -2.17. The van der Waals surface area contributed by atoms with E-state index in [0.29, 0.717) is 0 Å². The molecule has 0 saturated heterocycles. The Balaban J connectivity index is 1.84. The van der Waals surface area contributed by atoms with Crippen molar-refractivity contribution in [3.63, 3.8) is 0 Å². The van der Waals surface area contributed by atoms with E-state index in [4.69, 9.17) is 9.47 Å². The summed E-state index contributed by atoms with van der Waals surface area (Å²) < 4.78 is 12.3. The quantitative estimate of drug-likeness (QED) is 0.680. The van der Waals surface area contributed by atoms with Gasteiger partial charge in [-0.3, -0.25) is 0 Å². The molecule has 2 aromatic carbocycles. The molecule has 0 amide bonds. The molecular weight excluding hydrogens is 328 g/mol. The van der Waals surface area contributed by atoms with E-state index >= 15 is 0 Å². The highest BCUT2D eigenvalue weighted by Crippen LogP contribution is 2.31. The summed E-state index contributed by atoms with van der Waals surface area (Å²) in [7, 11) is 1.66. The lowest BCUT2D eigenvalue weighted by molar-refractivity contribution is 0.199. The Labute approximate surface area is 135 Å². The zero-order chi connectivity index (χ0) is 15.1. The standard InChI is InChI=1S/C18H21BrO2/c1-14(7-6-10-15-8-4-3-5-9-15)21-18-13-16(19)11-12-17(18)20-2/h3-5,8-9,11-14H,6-7,10H2,1-2H3/t14-/m0/s1. The average Bonchev–Trinajstić information content (AvgIpc) is 2.48. The van der Waals surface area contributed by atoms with Crippen molar-refractivity contribution in [1.29, 1.82) is 0 Å². The summed E-state index contributed by atoms with van der Waals surface area (Å²) >= 11 is 3.46. The van der Waals surface area contributed by atoms with Gasteiger partial charge < -0.3 is 9.47 Å². The van der Waals surface area contributed by atoms with Crippen LogP contribution in [-0.4, -0.2) is 13.2 Å². The van der Waals surface area contributed by atoms with Gasteiger partial charge in [-0.05, 0) is 49.9 Å². The van der Waals surface area contributed by atoms with Gasteiger partial charge in [0.2, 0.25) is 0 Å². The van der Waals surface area contributed by atoms with Crippen molar-refractivity contribution in [2.24, 2.45) is 0 Å². The van der Waals surface area contributed by atoms with Gasteiger partial charge in [0.1, 0.15) is 0 Å². The van der Waals surface area contributed by atoms with E-state index in [-0.39, 0.29) is 6.10 Å². The van der Waals surface area contributed by atoms with E-state index in [1.807, 2.05) is 18.2 Å². The summed E-state index contributed by atoms with van der Waals surface area (Å²) in [4.78, 5) is 0. The van der Waals surface area contributed by atoms with Gasteiger partial charge in [0, 0.05) is 4.47 Å². The zero-order valence-corrected chi connectivity index (χ0v) is 14.1. The molecule has 112 valence electrons. The summed E-state index contributed by atoms with van der Waals surface area (Å²) in [5.74, 6) is 1.56. The van der Waals surface area contributed by atoms with E-state index in [1.165, 1.54) is 5.56 Å². The van der Waals surface area contributed by atoms with Crippen molar-refractivity contribution in [2.45, 2.75) is 32.3 Å². The number of halogens is 1. The lowest BCUT2D eigenvalue weighted by Crippen LogP contribution is -2.12. The summed E-state index contributed by atoms with van der Waals surface area (Å²) in [5.41, 5.74) is 1.38. The number of hydrogen-bond acceptors (Lipinski definition) is 2. The van der Waals surface area contributed by atoms with Crippen LogP contribution in [0.2, 0.25) is 0 Å². The number of rotatable bonds is 7. The predicted molar refractivity (Wildman–Crippen MR) is 90.2 cm³/mol. The second-order valence-corrected chi connectivity index (χ2v) is 6.02. The minimum atomic E-state index is 0.164. The summed E-state index contributed by atoms with van der Waals surface area (Å²) in [6, 6.07) is 16.4. The molecule has 0 aromatic heterocycles. The molecule has 0 aliphatic carbocycles. The highest BCUT2D eigenvalue weighted by atomic mass is 79.9. The second kappa shape index (κ2) is 8.08. The van der Waals surface area contributed by atoms with Crippen LogP contribution in [0.15, 0.2) is 53.0 Å². The molecule has 0 fully saturated rings. The number of methoxy groups -OCH3 is 1. The van der Waals surface area contributed by atoms with Crippen LogP contribution >= 0.6 is 15.9 Å². The van der Waals surface area contributed by atoms with Gasteiger partial charge in [0.25, 0.3) is 0 Å². The largest absolute Gasteiger partial charge is 0.493 e. The second-order valence-electron chi connectivity index (χ2n) is 5.10. The Morgan fingerprint density at radius 1 is 1.05 bits per heavy atom. The molecule has 3 heteroatoms. The zero-order valence-electron chi connectivity index (χ0n) is 12.5. The van der Waals surface area contributed by atoms with E-state index in [0.717, 1.165) is 35.2 Å². The van der Waals surface area contributed by atoms with Crippen LogP contribution in [0.5, 0.6) is 11.5 Å². The molecule has 0 spiro atoms. The molecule has 2 aromatic rings. The van der Waals surface area contributed by atoms with Crippen LogP contribution in [0, 0.1) is 0 Å². The van der Waals surface area contributed by atoms with Crippen molar-refractivity contribution in [3.8, 4) is 11.5 Å². The Morgan fingerprint density at radius 3 is 2.52 bits per heavy atom. The minimum Gasteiger partial charge on any atom is -0.493 e. The van der Waals surface area contributed by atoms with Crippen LogP contribution in [0.25, 0.3) is 0 Å². The third kappa shape index (κ3) is 5.09. The number of benzene rings is 2. The maximum absolute atomic E-state index is 6.00. The van der Waals surface area contributed by atoms with Crippen LogP contribution in [0.1, 0.15) is 25.3 Å². The van der Waals surface area contributed by atoms with E-state index in [2.05, 4.69) is 53.2 Å². The van der Waals surface area contributed by atoms with E-state index in [1.54, 1.807) is 7.11 Å². The topological polar surface area (TPSA) is 18.5 Å². The first-order valence-corrected chi connectivity index (χ1v) is 8.02. The van der Waals surface area contributed by atoms with Crippen LogP contribution in [-0.2, 0) is 6.42 Å². The number of aryl methyl sites for hydroxylation is 1. The predicted octanol–water partition coefficient (Wildman–Crippen LogP) is 5.25. The molecule has 0 aliphatic rings. The van der Waals surface area contributed by atoms with Gasteiger partial charge >= 0.3 is 0 Å². The fourth-order valence-corrected chi connectivity index (χ4v) is 2.60. The summed E-state index contributed by atoms with van der Waals surface area (Å²) in [5, 5.41) is 0. The van der Waals surface area contributed by atoms with Crippen LogP contribution in [0.4, 0.5) is 0 Å². The first-order valence-electron chi connectivity index (χ1n) is 7.23. The molecule has 0 heterocycles. The smallest absolute Gasteiger partial charge is 0.162 e. The Morgan fingerprint density at radius 2 is 1.81 bits per heavy atom. The SMILES string of the molecule is COc1ccc(Br)cc1O[C@@H](C)CCCc1ccccc1. The Bertz CT molecular complexity index is 554. The maximum Gasteiger partial charge on any atom is 0.162 e. The normalized spacial score (nSPS) is 12.0. The minimum absolute atomic E-state index is 0.164. The van der Waals surface area contributed by atoms with Gasteiger partial charge in [-0.25, -0.2) is 0 Å². The molecule has 0 unspecified atom stereocenters. The van der Waals surface area contributed by atoms with Crippen molar-refractivity contribution in [2.75, 3.05) is 7.11 Å². The maximum atomic E-state index is 6.00. The van der Waals surface area contributed by atoms with Gasteiger partial charge in [-0.1, -0.05) is 46.3 Å². The molecule has 0 radical (unpaired) electrons. The molecule has 1 atom stereocenters. The monoisotopic (exact) mass is 348 g/mol. The first kappa shape index (κ1) is 15.9. The third-order valence-electron chi connectivity index (χ3n) is 3.37. The van der Waals surface area contributed by atoms with E-state index in [9.17, 15) is 0 Å². The molecule has 2 nitrogen and oxygen atoms in total. The average molecular weight is 349 g/mol. The van der Waals surface area contributed by atoms with Crippen molar-refractivity contribution >= 4 is 15.9 Å². The molecule has 2 rings (SSSR count). The van der Waals surface area contributed by atoms with Crippen molar-refractivity contribution in [1.82, 2.24) is 0 Å². The van der Waals surface area contributed by atoms with Crippen molar-refractivity contribution in [3.05, 3.63) is 58.6 Å². The summed E-state index contributed by atoms with van der Waals surface area (Å²) in [6.07, 6.45) is 3.38. The Hall–Kier alpha value is -1.48. The molecule has 0 N–H and O–H groups in total. The molecular formula is C18H21BrO2. The highest BCUT2D eigenvalue weighted by molar-refractivity contribution is 9.10. The van der Waals surface area contributed by atoms with Crippen LogP contribution in [0.3, 0.4) is 0 Å². The molecule has 0 bridgehead atoms. The number of ether oxygens (including phenoxy) is 2. The fraction of sp³-hybridized carbons (Fsp3) is 0.333. The fourth-order valence-electron chi connectivity index (χ4n) is 2.26. The van der Waals surface area contributed by atoms with Gasteiger partial charge in [0.15, 0.2) is 11.5 Å². The Kier molecular flexibility index (Phi) is 6.12. The first-order chi connectivity index (χ1) is 10.2. The summed E-state index contributed by atoms with van der Waals surface area (Å²) in [6.45, 7) is 2.10. The number of hydrogen-bond donors (Lipinski definition) is 0. The highest BCUT2D eigenvalue weighted by Gasteiger charge is 2.09. The molecule has 0 aliphatic heterocycles. The lowest BCUT2D eigenvalue weighted by atomic mass is 10.1. The van der Waals surface area contributed by atoms with Crippen LogP contribution < -0.4 is 9.47 Å². The van der Waals surface area contributed by atoms with Crippen molar-refractivity contribution < 1.29 is 9.47 Å². The van der Waals surface area contributed by atoms with Gasteiger partial charge in [0.05, 0.1) is 13.2 Å². The third-order valence-corrected chi connectivity index (χ3v) is 3.87. The van der Waals surface area contributed by atoms with E-state index < -0.39 is 0 Å².